The zero-order valence-corrected chi connectivity index (χ0v) is 36.6. The zero-order chi connectivity index (χ0) is 40.8. The van der Waals surface area contributed by atoms with Gasteiger partial charge in [0, 0.05) is 19.3 Å². The molecule has 0 amide bonds. The van der Waals surface area contributed by atoms with Crippen molar-refractivity contribution in [2.24, 2.45) is 0 Å². The molecule has 1 unspecified atom stereocenters. The molecule has 0 aromatic carbocycles. The van der Waals surface area contributed by atoms with Crippen LogP contribution in [-0.2, 0) is 28.6 Å². The molecule has 0 saturated carbocycles. The van der Waals surface area contributed by atoms with Crippen LogP contribution >= 0.6 is 0 Å². The molecular weight excluding hydrogens is 697 g/mol. The van der Waals surface area contributed by atoms with E-state index in [0.717, 1.165) is 122 Å². The van der Waals surface area contributed by atoms with Crippen molar-refractivity contribution in [1.82, 2.24) is 0 Å². The third-order valence-electron chi connectivity index (χ3n) is 9.71. The Hall–Kier alpha value is -2.89. The minimum atomic E-state index is -0.786. The number of hydrogen-bond acceptors (Lipinski definition) is 6. The van der Waals surface area contributed by atoms with E-state index < -0.39 is 6.10 Å². The van der Waals surface area contributed by atoms with Gasteiger partial charge in [-0.15, -0.1) is 0 Å². The fourth-order valence-corrected chi connectivity index (χ4v) is 6.22. The van der Waals surface area contributed by atoms with Crippen LogP contribution in [0.2, 0.25) is 0 Å². The normalized spacial score (nSPS) is 12.6. The second-order valence-electron chi connectivity index (χ2n) is 15.3. The maximum Gasteiger partial charge on any atom is 0.306 e. The molecule has 0 saturated heterocycles. The predicted octanol–water partition coefficient (Wildman–Crippen LogP) is 14.9. The molecule has 56 heavy (non-hydrogen) atoms. The van der Waals surface area contributed by atoms with Gasteiger partial charge < -0.3 is 14.2 Å². The van der Waals surface area contributed by atoms with Gasteiger partial charge in [-0.1, -0.05) is 165 Å². The smallest absolute Gasteiger partial charge is 0.306 e. The van der Waals surface area contributed by atoms with Gasteiger partial charge in [-0.25, -0.2) is 0 Å². The average Bonchev–Trinajstić information content (AvgIpc) is 3.19. The molecule has 0 aromatic rings. The molecule has 1 atom stereocenters. The highest BCUT2D eigenvalue weighted by atomic mass is 16.6. The third kappa shape index (κ3) is 42.3. The monoisotopic (exact) mass is 783 g/mol. The first-order valence-corrected chi connectivity index (χ1v) is 23.3. The molecule has 0 fully saturated rings. The lowest BCUT2D eigenvalue weighted by atomic mass is 10.1. The van der Waals surface area contributed by atoms with Crippen LogP contribution in [0.5, 0.6) is 0 Å². The van der Waals surface area contributed by atoms with E-state index in [1.165, 1.54) is 57.8 Å². The zero-order valence-electron chi connectivity index (χ0n) is 36.6. The molecule has 6 heteroatoms. The van der Waals surface area contributed by atoms with Crippen LogP contribution < -0.4 is 0 Å². The summed E-state index contributed by atoms with van der Waals surface area (Å²) in [6, 6.07) is 0. The molecule has 322 valence electrons. The van der Waals surface area contributed by atoms with Crippen molar-refractivity contribution in [2.45, 2.75) is 226 Å². The molecule has 6 nitrogen and oxygen atoms in total. The van der Waals surface area contributed by atoms with Crippen LogP contribution in [-0.4, -0.2) is 37.2 Å². The van der Waals surface area contributed by atoms with Crippen molar-refractivity contribution in [3.8, 4) is 0 Å². The van der Waals surface area contributed by atoms with Gasteiger partial charge in [0.15, 0.2) is 6.10 Å². The van der Waals surface area contributed by atoms with Crippen molar-refractivity contribution in [3.63, 3.8) is 0 Å². The maximum absolute atomic E-state index is 12.7. The molecular formula is C50H86O6. The molecule has 0 radical (unpaired) electrons. The number of carbonyl (C=O) groups is 3. The van der Waals surface area contributed by atoms with Gasteiger partial charge in [0.25, 0.3) is 0 Å². The highest BCUT2D eigenvalue weighted by molar-refractivity contribution is 5.71. The predicted molar refractivity (Wildman–Crippen MR) is 238 cm³/mol. The first-order chi connectivity index (χ1) is 27.5. The van der Waals surface area contributed by atoms with Crippen LogP contribution in [0.25, 0.3) is 0 Å². The molecule has 0 aromatic heterocycles. The molecule has 0 N–H and O–H groups in total. The van der Waals surface area contributed by atoms with E-state index in [9.17, 15) is 14.4 Å². The third-order valence-corrected chi connectivity index (χ3v) is 9.71. The van der Waals surface area contributed by atoms with Gasteiger partial charge in [-0.2, -0.15) is 0 Å². The summed E-state index contributed by atoms with van der Waals surface area (Å²) in [5, 5.41) is 0. The quantitative estimate of drug-likeness (QED) is 0.0266. The van der Waals surface area contributed by atoms with E-state index in [4.69, 9.17) is 14.2 Å². The van der Waals surface area contributed by atoms with Crippen LogP contribution in [0.4, 0.5) is 0 Å². The Bertz CT molecular complexity index is 1040. The summed E-state index contributed by atoms with van der Waals surface area (Å²) in [4.78, 5) is 37.7. The van der Waals surface area contributed by atoms with Crippen molar-refractivity contribution in [2.75, 3.05) is 13.2 Å². The summed E-state index contributed by atoms with van der Waals surface area (Å²) in [7, 11) is 0. The van der Waals surface area contributed by atoms with Gasteiger partial charge >= 0.3 is 17.9 Å². The van der Waals surface area contributed by atoms with Gasteiger partial charge in [0.1, 0.15) is 13.2 Å². The van der Waals surface area contributed by atoms with Gasteiger partial charge in [0.05, 0.1) is 0 Å². The highest BCUT2D eigenvalue weighted by Crippen LogP contribution is 2.13. The summed E-state index contributed by atoms with van der Waals surface area (Å²) in [5.41, 5.74) is 0. The Morgan fingerprint density at radius 1 is 0.375 bits per heavy atom. The summed E-state index contributed by atoms with van der Waals surface area (Å²) in [6.07, 6.45) is 53.4. The second kappa shape index (κ2) is 44.8. The Kier molecular flexibility index (Phi) is 42.5. The van der Waals surface area contributed by atoms with Crippen molar-refractivity contribution in [3.05, 3.63) is 60.8 Å². The van der Waals surface area contributed by atoms with Gasteiger partial charge in [-0.3, -0.25) is 14.4 Å². The van der Waals surface area contributed by atoms with E-state index in [2.05, 4.69) is 81.5 Å². The Labute approximate surface area is 345 Å². The lowest BCUT2D eigenvalue weighted by Gasteiger charge is -2.18. The van der Waals surface area contributed by atoms with Crippen LogP contribution in [0.15, 0.2) is 60.8 Å². The Morgan fingerprint density at radius 2 is 0.732 bits per heavy atom. The fraction of sp³-hybridized carbons (Fsp3) is 0.740. The molecule has 0 aliphatic heterocycles. The van der Waals surface area contributed by atoms with E-state index >= 15 is 0 Å². The number of unbranched alkanes of at least 4 members (excludes halogenated alkanes) is 20. The Balaban J connectivity index is 4.41. The highest BCUT2D eigenvalue weighted by Gasteiger charge is 2.19. The minimum Gasteiger partial charge on any atom is -0.462 e. The van der Waals surface area contributed by atoms with E-state index in [1.807, 2.05) is 0 Å². The topological polar surface area (TPSA) is 78.9 Å². The number of carbonyl (C=O) groups excluding carboxylic acids is 3. The number of hydrogen-bond donors (Lipinski definition) is 0. The van der Waals surface area contributed by atoms with E-state index in [-0.39, 0.29) is 31.1 Å². The summed E-state index contributed by atoms with van der Waals surface area (Å²) in [6.45, 7) is 6.41. The largest absolute Gasteiger partial charge is 0.462 e. The molecule has 0 aliphatic rings. The molecule has 0 rings (SSSR count). The fourth-order valence-electron chi connectivity index (χ4n) is 6.22. The van der Waals surface area contributed by atoms with Crippen LogP contribution in [0.1, 0.15) is 220 Å². The first kappa shape index (κ1) is 53.1. The average molecular weight is 783 g/mol. The lowest BCUT2D eigenvalue weighted by molar-refractivity contribution is -0.167. The second-order valence-corrected chi connectivity index (χ2v) is 15.3. The summed E-state index contributed by atoms with van der Waals surface area (Å²) >= 11 is 0. The van der Waals surface area contributed by atoms with Crippen molar-refractivity contribution < 1.29 is 28.6 Å². The minimum absolute atomic E-state index is 0.0882. The molecule has 0 heterocycles. The van der Waals surface area contributed by atoms with Gasteiger partial charge in [0.2, 0.25) is 0 Å². The van der Waals surface area contributed by atoms with Crippen LogP contribution in [0, 0.1) is 0 Å². The summed E-state index contributed by atoms with van der Waals surface area (Å²) in [5.74, 6) is -0.927. The maximum atomic E-state index is 12.7. The number of esters is 3. The lowest BCUT2D eigenvalue weighted by Crippen LogP contribution is -2.30. The SMILES string of the molecule is CC/C=C\C/C=C\C/C=C\CCCCCCCC(=O)OCC(COC(=O)CCCCCCC/C=C\CCC)OC(=O)CCCCCCC/C=C\CCCCCC. The molecule has 0 aliphatic carbocycles. The Morgan fingerprint density at radius 3 is 1.18 bits per heavy atom. The van der Waals surface area contributed by atoms with Gasteiger partial charge in [-0.05, 0) is 96.3 Å². The number of rotatable bonds is 41. The number of allylic oxidation sites excluding steroid dienone is 10. The van der Waals surface area contributed by atoms with E-state index in [0.29, 0.717) is 19.3 Å². The van der Waals surface area contributed by atoms with Crippen molar-refractivity contribution >= 4 is 17.9 Å². The summed E-state index contributed by atoms with van der Waals surface area (Å²) < 4.78 is 16.7. The molecule has 0 bridgehead atoms. The van der Waals surface area contributed by atoms with Crippen molar-refractivity contribution in [1.29, 1.82) is 0 Å². The standard InChI is InChI=1S/C50H86O6/c1-4-7-10-13-16-19-22-24-25-27-28-31-34-37-40-43-49(52)55-46-47(45-54-48(51)42-39-36-33-30-21-18-15-12-9-6-3)56-50(53)44-41-38-35-32-29-26-23-20-17-14-11-8-5-2/h7,10,12,15-16,19-20,23-25,47H,4-6,8-9,11,13-14,17-18,21-22,26-46H2,1-3H3/b10-7-,15-12-,19-16-,23-20-,25-24-. The molecule has 0 spiro atoms. The van der Waals surface area contributed by atoms with Crippen LogP contribution in [0.3, 0.4) is 0 Å². The van der Waals surface area contributed by atoms with E-state index in [1.54, 1.807) is 0 Å². The first-order valence-electron chi connectivity index (χ1n) is 23.3. The number of ether oxygens (including phenoxy) is 3.